The van der Waals surface area contributed by atoms with Crippen molar-refractivity contribution in [2.75, 3.05) is 6.54 Å². The molecule has 26 heavy (non-hydrogen) atoms. The third kappa shape index (κ3) is 2.88. The zero-order chi connectivity index (χ0) is 18.3. The average molecular weight is 414 g/mol. The number of rotatable bonds is 4. The molecule has 0 aliphatic carbocycles. The van der Waals surface area contributed by atoms with Crippen LogP contribution in [0.2, 0.25) is 0 Å². The molecule has 1 amide bonds. The molecule has 0 fully saturated rings. The number of halogens is 1. The lowest BCUT2D eigenvalue weighted by Crippen LogP contribution is -2.42. The maximum Gasteiger partial charge on any atom is 0.317 e. The van der Waals surface area contributed by atoms with Crippen LogP contribution in [0, 0.1) is 0 Å². The Labute approximate surface area is 157 Å². The van der Waals surface area contributed by atoms with Gasteiger partial charge in [-0.25, -0.2) is 0 Å². The first kappa shape index (κ1) is 16.8. The van der Waals surface area contributed by atoms with Crippen LogP contribution in [0.1, 0.15) is 17.2 Å². The summed E-state index contributed by atoms with van der Waals surface area (Å²) in [6, 6.07) is 12.8. The molecule has 1 unspecified atom stereocenters. The number of aromatic nitrogens is 2. The topological polar surface area (TPSA) is 84.0 Å². The minimum Gasteiger partial charge on any atom is -0.354 e. The molecule has 3 aromatic rings. The first-order valence-electron chi connectivity index (χ1n) is 8.33. The Balaban J connectivity index is 1.61. The molecule has 0 spiro atoms. The second-order valence-electron chi connectivity index (χ2n) is 6.34. The quantitative estimate of drug-likeness (QED) is 0.640. The lowest BCUT2D eigenvalue weighted by Gasteiger charge is -2.14. The van der Waals surface area contributed by atoms with E-state index < -0.39 is 17.2 Å². The number of benzene rings is 2. The van der Waals surface area contributed by atoms with Crippen molar-refractivity contribution in [1.29, 1.82) is 0 Å². The van der Waals surface area contributed by atoms with Crippen LogP contribution in [-0.2, 0) is 17.6 Å². The lowest BCUT2D eigenvalue weighted by atomic mass is 10.1. The van der Waals surface area contributed by atoms with Gasteiger partial charge in [0.15, 0.2) is 0 Å². The van der Waals surface area contributed by atoms with E-state index in [-0.39, 0.29) is 5.91 Å². The smallest absolute Gasteiger partial charge is 0.317 e. The van der Waals surface area contributed by atoms with Crippen LogP contribution in [-0.4, -0.2) is 22.0 Å². The van der Waals surface area contributed by atoms with Gasteiger partial charge in [0.05, 0.1) is 11.0 Å². The molecule has 2 N–H and O–H groups in total. The Morgan fingerprint density at radius 3 is 2.77 bits per heavy atom. The number of carbonyl (C=O) groups excluding carboxylic acids is 1. The molecule has 0 saturated carbocycles. The molecule has 2 aromatic carbocycles. The zero-order valence-electron chi connectivity index (χ0n) is 13.8. The van der Waals surface area contributed by atoms with Gasteiger partial charge >= 0.3 is 11.1 Å². The monoisotopic (exact) mass is 413 g/mol. The molecule has 4 rings (SSSR count). The number of hydrogen-bond acceptors (Lipinski definition) is 3. The number of amides is 1. The van der Waals surface area contributed by atoms with Crippen LogP contribution >= 0.6 is 15.9 Å². The van der Waals surface area contributed by atoms with Crippen LogP contribution < -0.4 is 16.4 Å². The number of H-pyrrole nitrogens is 1. The van der Waals surface area contributed by atoms with Gasteiger partial charge in [-0.3, -0.25) is 19.0 Å². The Morgan fingerprint density at radius 2 is 2.00 bits per heavy atom. The number of hydrogen-bond donors (Lipinski definition) is 2. The van der Waals surface area contributed by atoms with Gasteiger partial charge < -0.3 is 10.3 Å². The first-order chi connectivity index (χ1) is 12.5. The molecular weight excluding hydrogens is 398 g/mol. The Kier molecular flexibility index (Phi) is 4.24. The Morgan fingerprint density at radius 1 is 1.23 bits per heavy atom. The first-order valence-corrected chi connectivity index (χ1v) is 9.12. The summed E-state index contributed by atoms with van der Waals surface area (Å²) in [4.78, 5) is 39.6. The summed E-state index contributed by atoms with van der Waals surface area (Å²) in [5.74, 6) is -0.248. The molecule has 1 atom stereocenters. The van der Waals surface area contributed by atoms with Crippen LogP contribution in [0.4, 0.5) is 0 Å². The second-order valence-corrected chi connectivity index (χ2v) is 7.25. The van der Waals surface area contributed by atoms with Gasteiger partial charge in [0.1, 0.15) is 6.04 Å². The van der Waals surface area contributed by atoms with Gasteiger partial charge in [0, 0.05) is 17.4 Å². The van der Waals surface area contributed by atoms with Crippen molar-refractivity contribution in [2.45, 2.75) is 18.9 Å². The normalized spacial score (nSPS) is 15.3. The summed E-state index contributed by atoms with van der Waals surface area (Å²) in [5.41, 5.74) is 1.76. The minimum atomic E-state index is -0.717. The van der Waals surface area contributed by atoms with Gasteiger partial charge in [0.2, 0.25) is 5.91 Å². The summed E-state index contributed by atoms with van der Waals surface area (Å²) in [7, 11) is 0. The highest BCUT2D eigenvalue weighted by atomic mass is 79.9. The van der Waals surface area contributed by atoms with Gasteiger partial charge in [0.25, 0.3) is 0 Å². The fourth-order valence-corrected chi connectivity index (χ4v) is 3.98. The van der Waals surface area contributed by atoms with Crippen molar-refractivity contribution < 1.29 is 4.79 Å². The van der Waals surface area contributed by atoms with E-state index in [0.717, 1.165) is 15.6 Å². The SMILES string of the molecule is O=C(NCCc1ccccc1)C1Cc2cc(Br)cc3[nH]c(=O)c(=O)n1c23. The van der Waals surface area contributed by atoms with Gasteiger partial charge in [-0.15, -0.1) is 0 Å². The van der Waals surface area contributed by atoms with Crippen LogP contribution in [0.3, 0.4) is 0 Å². The van der Waals surface area contributed by atoms with E-state index in [9.17, 15) is 14.4 Å². The molecule has 0 bridgehead atoms. The van der Waals surface area contributed by atoms with Gasteiger partial charge in [-0.2, -0.15) is 0 Å². The second kappa shape index (κ2) is 6.57. The highest BCUT2D eigenvalue weighted by molar-refractivity contribution is 9.10. The third-order valence-corrected chi connectivity index (χ3v) is 5.10. The van der Waals surface area contributed by atoms with E-state index in [1.165, 1.54) is 4.57 Å². The largest absolute Gasteiger partial charge is 0.354 e. The van der Waals surface area contributed by atoms with Crippen LogP contribution in [0.15, 0.2) is 56.5 Å². The number of nitrogens with one attached hydrogen (secondary N) is 2. The molecule has 6 nitrogen and oxygen atoms in total. The van der Waals surface area contributed by atoms with Crippen molar-refractivity contribution in [3.63, 3.8) is 0 Å². The highest BCUT2D eigenvalue weighted by Gasteiger charge is 2.32. The van der Waals surface area contributed by atoms with Crippen molar-refractivity contribution in [1.82, 2.24) is 14.9 Å². The van der Waals surface area contributed by atoms with E-state index in [2.05, 4.69) is 26.2 Å². The van der Waals surface area contributed by atoms with E-state index in [1.54, 1.807) is 6.07 Å². The van der Waals surface area contributed by atoms with E-state index in [4.69, 9.17) is 0 Å². The van der Waals surface area contributed by atoms with Crippen LogP contribution in [0.5, 0.6) is 0 Å². The fraction of sp³-hybridized carbons (Fsp3) is 0.211. The summed E-state index contributed by atoms with van der Waals surface area (Å²) in [5, 5.41) is 2.89. The van der Waals surface area contributed by atoms with E-state index >= 15 is 0 Å². The minimum absolute atomic E-state index is 0.248. The van der Waals surface area contributed by atoms with Crippen molar-refractivity contribution in [2.24, 2.45) is 0 Å². The molecule has 1 aliphatic rings. The number of carbonyl (C=O) groups is 1. The van der Waals surface area contributed by atoms with Gasteiger partial charge in [-0.05, 0) is 29.7 Å². The average Bonchev–Trinajstić information content (AvgIpc) is 3.00. The van der Waals surface area contributed by atoms with Crippen molar-refractivity contribution in [3.8, 4) is 0 Å². The van der Waals surface area contributed by atoms with Crippen molar-refractivity contribution >= 4 is 32.9 Å². The van der Waals surface area contributed by atoms with Gasteiger partial charge in [-0.1, -0.05) is 46.3 Å². The molecule has 1 aromatic heterocycles. The molecule has 7 heteroatoms. The Bertz CT molecular complexity index is 1120. The molecule has 1 aliphatic heterocycles. The van der Waals surface area contributed by atoms with Crippen LogP contribution in [0.25, 0.3) is 11.0 Å². The summed E-state index contributed by atoms with van der Waals surface area (Å²) in [6.07, 6.45) is 1.09. The lowest BCUT2D eigenvalue weighted by molar-refractivity contribution is -0.124. The maximum atomic E-state index is 12.7. The molecule has 0 saturated heterocycles. The Hall–Kier alpha value is -2.67. The summed E-state index contributed by atoms with van der Waals surface area (Å²) in [6.45, 7) is 0.473. The van der Waals surface area contributed by atoms with E-state index in [1.807, 2.05) is 36.4 Å². The number of aromatic amines is 1. The summed E-state index contributed by atoms with van der Waals surface area (Å²) < 4.78 is 2.12. The molecule has 0 radical (unpaired) electrons. The number of nitrogens with zero attached hydrogens (tertiary/aromatic N) is 1. The molecular formula is C19H16BrN3O3. The zero-order valence-corrected chi connectivity index (χ0v) is 15.4. The predicted molar refractivity (Wildman–Crippen MR) is 102 cm³/mol. The predicted octanol–water partition coefficient (Wildman–Crippen LogP) is 1.91. The summed E-state index contributed by atoms with van der Waals surface area (Å²) >= 11 is 3.41. The maximum absolute atomic E-state index is 12.7. The standard InChI is InChI=1S/C19H16BrN3O3/c20-13-8-12-9-15(17(24)21-7-6-11-4-2-1-3-5-11)23-16(12)14(10-13)22-18(25)19(23)26/h1-5,8,10,15H,6-7,9H2,(H,21,24)(H,22,25). The molecule has 132 valence electrons. The molecule has 2 heterocycles. The third-order valence-electron chi connectivity index (χ3n) is 4.64. The fourth-order valence-electron chi connectivity index (χ4n) is 3.48. The van der Waals surface area contributed by atoms with E-state index in [0.29, 0.717) is 30.4 Å². The highest BCUT2D eigenvalue weighted by Crippen LogP contribution is 2.32. The van der Waals surface area contributed by atoms with Crippen molar-refractivity contribution in [3.05, 3.63) is 78.8 Å².